The Morgan fingerprint density at radius 1 is 0.367 bits per heavy atom. The van der Waals surface area contributed by atoms with E-state index in [1.165, 1.54) is 199 Å². The van der Waals surface area contributed by atoms with Crippen molar-refractivity contribution in [3.05, 3.63) is 60.4 Å². The maximum absolute atomic E-state index is 12.0. The predicted molar refractivity (Wildman–Crippen MR) is 518 cm³/mol. The molecule has 9 aliphatic rings. The molecule has 1 aromatic carbocycles. The zero-order valence-electron chi connectivity index (χ0n) is 82.6. The molecule has 9 aliphatic heterocycles. The molecule has 9 saturated heterocycles. The van der Waals surface area contributed by atoms with Gasteiger partial charge in [0.25, 0.3) is 0 Å². The number of ketones is 2. The number of aldehydes is 1. The summed E-state index contributed by atoms with van der Waals surface area (Å²) in [6.45, 7) is 86.0. The molecule has 700 valence electrons. The van der Waals surface area contributed by atoms with Crippen molar-refractivity contribution >= 4 is 41.4 Å². The second-order valence-corrected chi connectivity index (χ2v) is 41.7. The second-order valence-electron chi connectivity index (χ2n) is 40.4. The Labute approximate surface area is 746 Å². The number of nitrogens with zero attached hydrogens (tertiary/aromatic N) is 12. The summed E-state index contributed by atoms with van der Waals surface area (Å²) in [6, 6.07) is 14.5. The molecule has 120 heavy (non-hydrogen) atoms. The van der Waals surface area contributed by atoms with Crippen LogP contribution in [0.1, 0.15) is 267 Å². The van der Waals surface area contributed by atoms with Gasteiger partial charge >= 0.3 is 0 Å². The molecule has 9 fully saturated rings. The summed E-state index contributed by atoms with van der Waals surface area (Å²) in [4.78, 5) is 80.6. The van der Waals surface area contributed by atoms with Gasteiger partial charge in [-0.25, -0.2) is 0 Å². The summed E-state index contributed by atoms with van der Waals surface area (Å²) in [5, 5.41) is 0. The quantitative estimate of drug-likeness (QED) is 0.0590. The van der Waals surface area contributed by atoms with Crippen LogP contribution in [0, 0.1) is 65.1 Å². The maximum Gasteiger partial charge on any atom is 0.236 e. The van der Waals surface area contributed by atoms with Gasteiger partial charge in [-0.05, 0) is 226 Å². The molecular formula is C101H194N12O6S. The van der Waals surface area contributed by atoms with E-state index in [9.17, 15) is 24.0 Å². The average Bonchev–Trinajstić information content (AvgIpc) is 0.998. The van der Waals surface area contributed by atoms with Gasteiger partial charge in [-0.2, -0.15) is 11.8 Å². The number of thioether (sulfide) groups is 1. The molecule has 11 rings (SSSR count). The first-order chi connectivity index (χ1) is 57.1. The summed E-state index contributed by atoms with van der Waals surface area (Å²) < 4.78 is 7.44. The fourth-order valence-electron chi connectivity index (χ4n) is 16.1. The van der Waals surface area contributed by atoms with Gasteiger partial charge in [0.15, 0.2) is 12.1 Å². The third-order valence-electron chi connectivity index (χ3n) is 21.8. The second kappa shape index (κ2) is 72.4. The van der Waals surface area contributed by atoms with E-state index in [-0.39, 0.29) is 17.6 Å². The number of ether oxygens (including phenoxy) is 1. The lowest BCUT2D eigenvalue weighted by Gasteiger charge is -2.35. The van der Waals surface area contributed by atoms with Gasteiger partial charge in [-0.3, -0.25) is 43.6 Å². The molecule has 0 spiro atoms. The minimum Gasteiger partial charge on any atom is -0.379 e. The van der Waals surface area contributed by atoms with Crippen molar-refractivity contribution in [1.29, 1.82) is 0 Å². The molecule has 1 aromatic heterocycles. The number of amides is 2. The van der Waals surface area contributed by atoms with Crippen LogP contribution in [0.3, 0.4) is 0 Å². The number of rotatable bonds is 28. The molecule has 0 atom stereocenters. The number of piperidine rings is 4. The van der Waals surface area contributed by atoms with Crippen LogP contribution < -0.4 is 0 Å². The van der Waals surface area contributed by atoms with Crippen LogP contribution in [0.5, 0.6) is 0 Å². The van der Waals surface area contributed by atoms with E-state index in [0.29, 0.717) is 61.8 Å². The summed E-state index contributed by atoms with van der Waals surface area (Å²) in [5.41, 5.74) is 1.28. The van der Waals surface area contributed by atoms with Crippen LogP contribution in [0.2, 0.25) is 0 Å². The highest BCUT2D eigenvalue weighted by Gasteiger charge is 2.26. The Kier molecular flexibility index (Phi) is 69.1. The summed E-state index contributed by atoms with van der Waals surface area (Å²) in [5.74, 6) is 11.6. The summed E-state index contributed by atoms with van der Waals surface area (Å²) in [7, 11) is 1.99. The van der Waals surface area contributed by atoms with Crippen LogP contribution in [0.4, 0.5) is 0 Å². The molecule has 19 heteroatoms. The first-order valence-electron chi connectivity index (χ1n) is 48.9. The molecule has 10 heterocycles. The predicted octanol–water partition coefficient (Wildman–Crippen LogP) is 18.6. The zero-order chi connectivity index (χ0) is 89.4. The van der Waals surface area contributed by atoms with Crippen molar-refractivity contribution in [3.63, 3.8) is 0 Å². The number of likely N-dealkylation sites (tertiary alicyclic amines) is 5. The van der Waals surface area contributed by atoms with E-state index in [2.05, 4.69) is 249 Å². The largest absolute Gasteiger partial charge is 0.379 e. The minimum atomic E-state index is -0.277. The van der Waals surface area contributed by atoms with Gasteiger partial charge in [-0.15, -0.1) is 0 Å². The first-order valence-corrected chi connectivity index (χ1v) is 50.1. The molecular weight excluding hydrogens is 1510 g/mol. The molecule has 0 saturated carbocycles. The van der Waals surface area contributed by atoms with Crippen molar-refractivity contribution in [2.45, 2.75) is 275 Å². The highest BCUT2D eigenvalue weighted by molar-refractivity contribution is 7.99. The number of Topliss-reactive ketones (excluding diaryl/α,β-unsaturated/α-hetero) is 2. The molecule has 0 unspecified atom stereocenters. The number of piperazine rings is 2. The van der Waals surface area contributed by atoms with Gasteiger partial charge in [0.2, 0.25) is 11.8 Å². The van der Waals surface area contributed by atoms with E-state index in [1.54, 1.807) is 0 Å². The number of hydrogen-bond donors (Lipinski definition) is 0. The van der Waals surface area contributed by atoms with E-state index in [0.717, 1.165) is 159 Å². The fourth-order valence-corrected chi connectivity index (χ4v) is 17.1. The van der Waals surface area contributed by atoms with Gasteiger partial charge < -0.3 is 43.6 Å². The lowest BCUT2D eigenvalue weighted by Crippen LogP contribution is -2.50. The number of morpholine rings is 1. The van der Waals surface area contributed by atoms with Gasteiger partial charge in [0.1, 0.15) is 5.78 Å². The van der Waals surface area contributed by atoms with Crippen molar-refractivity contribution < 1.29 is 28.7 Å². The molecule has 0 bridgehead atoms. The third kappa shape index (κ3) is 67.7. The highest BCUT2D eigenvalue weighted by Crippen LogP contribution is 2.18. The Morgan fingerprint density at radius 2 is 0.742 bits per heavy atom. The zero-order valence-corrected chi connectivity index (χ0v) is 83.4. The van der Waals surface area contributed by atoms with Gasteiger partial charge in [0, 0.05) is 155 Å². The number of hydrogen-bond acceptors (Lipinski definition) is 16. The molecule has 2 aromatic rings. The van der Waals surface area contributed by atoms with Crippen molar-refractivity contribution in [3.8, 4) is 0 Å². The third-order valence-corrected chi connectivity index (χ3v) is 22.7. The van der Waals surface area contributed by atoms with E-state index in [1.807, 2.05) is 35.0 Å². The Morgan fingerprint density at radius 3 is 1.13 bits per heavy atom. The maximum atomic E-state index is 12.0. The molecule has 2 amide bonds. The number of aromatic nitrogens is 1. The monoisotopic (exact) mass is 1700 g/mol. The van der Waals surface area contributed by atoms with Crippen LogP contribution in [0.15, 0.2) is 54.9 Å². The Balaban J connectivity index is 0.000000664. The number of likely N-dealkylation sites (N-methyl/N-ethyl adjacent to an activating group) is 1. The SMILES string of the molecule is CC(C)CCCC(=O)C=O.CC(C)CCN1CCCCC1.CC(C)CN1CCCC(=O)C1.CC(C)CN1CCCC1.CC(C)CN1CCCCC1.CC(C)CN1CCCCC1.CC(C)CN1CCN(C)CC1=O.CC(C)CN1CCN(Cc2ccccc2)CC1=O.CC(C)CN1CCOCC1.CC(C)CN1CCSCC1.CC(C)Cn1cccc1. The molecule has 0 aliphatic carbocycles. The highest BCUT2D eigenvalue weighted by atomic mass is 32.2. The molecule has 0 N–H and O–H groups in total. The lowest BCUT2D eigenvalue weighted by molar-refractivity contribution is -0.137. The Bertz CT molecular complexity index is 2600. The lowest BCUT2D eigenvalue weighted by atomic mass is 10.1. The van der Waals surface area contributed by atoms with Crippen LogP contribution in [-0.2, 0) is 41.8 Å². The standard InChI is InChI=1S/C15H22N2O.C10H21N.C9H18N2O.C9H17NO.2C9H19N.C8H17NO.C8H17NS.C8H17N.C8H13N.C8H14O2/c1-13(2)10-17-9-8-16(12-15(17)18)11-14-6-4-3-5-7-14;1-10(2)6-9-11-7-4-3-5-8-11;1-8(2)6-11-5-4-10(3)7-9(11)12;1-8(2)6-10-5-3-4-9(11)7-10;2*1-9(2)8-10-6-4-3-5-7-10;2*1-8(2)7-9-3-5-10-6-4-9;2*1-8(2)7-9-5-3-4-6-9;1-7(2)4-3-5-8(10)6-9/h3-7,13H,8-12H2,1-2H3;10H,3-9H2,1-2H3;8H,4-7H2,1-3H3;8H,3-7H2,1-2H3;2*9H,3-8H2,1-2H3;2*8H,3-7H2,1-2H3;8H,3-7H2,1-2H3;3-6,8H,7H2,1-2H3;6-7H,3-5H2,1-2H3. The number of carbonyl (C=O) groups is 5. The molecule has 0 radical (unpaired) electrons. The first kappa shape index (κ1) is 114. The normalized spacial score (nSPS) is 19.1. The van der Waals surface area contributed by atoms with Crippen LogP contribution in [-0.4, -0.2) is 310 Å². The fraction of sp³-hybridized carbons (Fsp3) is 0.851. The number of benzene rings is 1. The van der Waals surface area contributed by atoms with E-state index >= 15 is 0 Å². The van der Waals surface area contributed by atoms with Crippen molar-refractivity contribution in [2.24, 2.45) is 65.1 Å². The van der Waals surface area contributed by atoms with Crippen molar-refractivity contribution in [1.82, 2.24) is 58.5 Å². The van der Waals surface area contributed by atoms with Crippen molar-refractivity contribution in [2.75, 3.05) is 222 Å². The topological polar surface area (TPSA) is 135 Å². The minimum absolute atomic E-state index is 0.269. The van der Waals surface area contributed by atoms with E-state index in [4.69, 9.17) is 4.74 Å². The smallest absolute Gasteiger partial charge is 0.236 e. The summed E-state index contributed by atoms with van der Waals surface area (Å²) >= 11 is 2.08. The van der Waals surface area contributed by atoms with Gasteiger partial charge in [0.05, 0.1) is 32.8 Å². The van der Waals surface area contributed by atoms with Crippen LogP contribution >= 0.6 is 11.8 Å². The summed E-state index contributed by atoms with van der Waals surface area (Å²) in [6.07, 6.45) is 25.9. The van der Waals surface area contributed by atoms with E-state index < -0.39 is 0 Å². The molecule has 18 nitrogen and oxygen atoms in total. The Hall–Kier alpha value is -3.60. The average molecular weight is 1700 g/mol. The van der Waals surface area contributed by atoms with Crippen LogP contribution in [0.25, 0.3) is 0 Å². The van der Waals surface area contributed by atoms with Gasteiger partial charge in [-0.1, -0.05) is 208 Å². The number of carbonyl (C=O) groups excluding carboxylic acids is 5.